The lowest BCUT2D eigenvalue weighted by atomic mass is 10.1. The predicted octanol–water partition coefficient (Wildman–Crippen LogP) is 3.96. The summed E-state index contributed by atoms with van der Waals surface area (Å²) in [4.78, 5) is 23.0. The van der Waals surface area contributed by atoms with Crippen molar-refractivity contribution in [3.63, 3.8) is 0 Å². The van der Waals surface area contributed by atoms with E-state index in [1.807, 2.05) is 0 Å². The molecule has 2 aromatic rings. The summed E-state index contributed by atoms with van der Waals surface area (Å²) in [5.74, 6) is -0.498. The molecular weight excluding hydrogens is 321 g/mol. The van der Waals surface area contributed by atoms with Crippen LogP contribution in [-0.4, -0.2) is 18.2 Å². The van der Waals surface area contributed by atoms with E-state index in [2.05, 4.69) is 10.6 Å². The van der Waals surface area contributed by atoms with Crippen LogP contribution >= 0.6 is 0 Å². The van der Waals surface area contributed by atoms with Crippen molar-refractivity contribution in [2.45, 2.75) is 13.1 Å². The summed E-state index contributed by atoms with van der Waals surface area (Å²) in [5, 5.41) is 5.23. The topological polar surface area (TPSA) is 58.2 Å². The number of hydrogen-bond acceptors (Lipinski definition) is 3. The maximum absolute atomic E-state index is 12.6. The third kappa shape index (κ3) is 4.84. The van der Waals surface area contributed by atoms with E-state index in [1.165, 1.54) is 19.1 Å². The van der Waals surface area contributed by atoms with Gasteiger partial charge in [-0.3, -0.25) is 9.59 Å². The van der Waals surface area contributed by atoms with Gasteiger partial charge in [0, 0.05) is 16.9 Å². The average Bonchev–Trinajstić information content (AvgIpc) is 2.53. The van der Waals surface area contributed by atoms with Crippen molar-refractivity contribution in [3.8, 4) is 0 Å². The number of hydrogen-bond donors (Lipinski definition) is 2. The van der Waals surface area contributed by atoms with Crippen LogP contribution in [0.2, 0.25) is 0 Å². The van der Waals surface area contributed by atoms with E-state index in [9.17, 15) is 22.8 Å². The van der Waals surface area contributed by atoms with Crippen LogP contribution in [0.3, 0.4) is 0 Å². The molecule has 0 aromatic heterocycles. The van der Waals surface area contributed by atoms with Crippen molar-refractivity contribution in [2.75, 3.05) is 17.2 Å². The summed E-state index contributed by atoms with van der Waals surface area (Å²) in [6.45, 7) is 1.25. The standard InChI is InChI=1S/C17H15F3N2O2/c1-11(23)12-5-7-14(8-6-12)22-16(24)10-21-15-4-2-3-13(9-15)17(18,19)20/h2-9,21H,10H2,1H3,(H,22,24). The Balaban J connectivity index is 1.92. The lowest BCUT2D eigenvalue weighted by molar-refractivity contribution is -0.137. The van der Waals surface area contributed by atoms with Gasteiger partial charge in [0.25, 0.3) is 0 Å². The average molecular weight is 336 g/mol. The molecule has 0 saturated heterocycles. The minimum atomic E-state index is -4.43. The van der Waals surface area contributed by atoms with Crippen LogP contribution in [0.15, 0.2) is 48.5 Å². The molecule has 1 amide bonds. The van der Waals surface area contributed by atoms with Crippen molar-refractivity contribution in [2.24, 2.45) is 0 Å². The Labute approximate surface area is 136 Å². The lowest BCUT2D eigenvalue weighted by Gasteiger charge is -2.11. The second kappa shape index (κ2) is 7.16. The summed E-state index contributed by atoms with van der Waals surface area (Å²) in [7, 11) is 0. The SMILES string of the molecule is CC(=O)c1ccc(NC(=O)CNc2cccc(C(F)(F)F)c2)cc1. The second-order valence-corrected chi connectivity index (χ2v) is 5.11. The highest BCUT2D eigenvalue weighted by atomic mass is 19.4. The fraction of sp³-hybridized carbons (Fsp3) is 0.176. The first-order chi connectivity index (χ1) is 11.3. The molecule has 0 atom stereocenters. The van der Waals surface area contributed by atoms with Crippen LogP contribution in [0.5, 0.6) is 0 Å². The predicted molar refractivity (Wildman–Crippen MR) is 85.0 cm³/mol. The number of carbonyl (C=O) groups is 2. The molecule has 7 heteroatoms. The number of halogens is 3. The van der Waals surface area contributed by atoms with Gasteiger partial charge in [0.05, 0.1) is 12.1 Å². The van der Waals surface area contributed by atoms with Crippen molar-refractivity contribution in [3.05, 3.63) is 59.7 Å². The summed E-state index contributed by atoms with van der Waals surface area (Å²) < 4.78 is 37.8. The van der Waals surface area contributed by atoms with Crippen LogP contribution in [0, 0.1) is 0 Å². The third-order valence-corrected chi connectivity index (χ3v) is 3.22. The minimum Gasteiger partial charge on any atom is -0.376 e. The lowest BCUT2D eigenvalue weighted by Crippen LogP contribution is -2.22. The highest BCUT2D eigenvalue weighted by molar-refractivity contribution is 5.96. The van der Waals surface area contributed by atoms with E-state index in [4.69, 9.17) is 0 Å². The second-order valence-electron chi connectivity index (χ2n) is 5.11. The van der Waals surface area contributed by atoms with Gasteiger partial charge in [-0.1, -0.05) is 6.07 Å². The molecule has 0 aliphatic heterocycles. The molecule has 24 heavy (non-hydrogen) atoms. The molecule has 2 N–H and O–H groups in total. The van der Waals surface area contributed by atoms with Crippen LogP contribution in [0.25, 0.3) is 0 Å². The third-order valence-electron chi connectivity index (χ3n) is 3.22. The molecule has 126 valence electrons. The molecule has 0 saturated carbocycles. The van der Waals surface area contributed by atoms with Gasteiger partial charge in [0.1, 0.15) is 0 Å². The first-order valence-electron chi connectivity index (χ1n) is 7.08. The van der Waals surface area contributed by atoms with E-state index >= 15 is 0 Å². The maximum Gasteiger partial charge on any atom is 0.416 e. The number of nitrogens with one attached hydrogen (secondary N) is 2. The summed E-state index contributed by atoms with van der Waals surface area (Å²) in [6, 6.07) is 10.9. The smallest absolute Gasteiger partial charge is 0.376 e. The Morgan fingerprint density at radius 1 is 1.00 bits per heavy atom. The Kier molecular flexibility index (Phi) is 5.23. The van der Waals surface area contributed by atoms with Gasteiger partial charge in [-0.05, 0) is 49.4 Å². The van der Waals surface area contributed by atoms with Crippen molar-refractivity contribution >= 4 is 23.1 Å². The van der Waals surface area contributed by atoms with Crippen molar-refractivity contribution < 1.29 is 22.8 Å². The molecule has 0 unspecified atom stereocenters. The van der Waals surface area contributed by atoms with Crippen LogP contribution in [0.4, 0.5) is 24.5 Å². The van der Waals surface area contributed by atoms with E-state index in [0.29, 0.717) is 11.3 Å². The maximum atomic E-state index is 12.6. The fourth-order valence-corrected chi connectivity index (χ4v) is 1.98. The number of ketones is 1. The van der Waals surface area contributed by atoms with Gasteiger partial charge in [0.2, 0.25) is 5.91 Å². The molecule has 0 bridgehead atoms. The zero-order chi connectivity index (χ0) is 17.7. The van der Waals surface area contributed by atoms with Gasteiger partial charge in [0.15, 0.2) is 5.78 Å². The molecule has 0 radical (unpaired) electrons. The van der Waals surface area contributed by atoms with Gasteiger partial charge in [-0.25, -0.2) is 0 Å². The van der Waals surface area contributed by atoms with Gasteiger partial charge >= 0.3 is 6.18 Å². The van der Waals surface area contributed by atoms with Gasteiger partial charge in [-0.15, -0.1) is 0 Å². The van der Waals surface area contributed by atoms with Crippen LogP contribution in [-0.2, 0) is 11.0 Å². The number of amides is 1. The first-order valence-corrected chi connectivity index (χ1v) is 7.08. The van der Waals surface area contributed by atoms with E-state index in [0.717, 1.165) is 12.1 Å². The zero-order valence-corrected chi connectivity index (χ0v) is 12.8. The quantitative estimate of drug-likeness (QED) is 0.813. The molecule has 2 rings (SSSR count). The summed E-state index contributed by atoms with van der Waals surface area (Å²) in [5.41, 5.74) is 0.436. The Bertz CT molecular complexity index is 740. The Morgan fingerprint density at radius 2 is 1.67 bits per heavy atom. The number of carbonyl (C=O) groups excluding carboxylic acids is 2. The molecular formula is C17H15F3N2O2. The number of Topliss-reactive ketones (excluding diaryl/α,β-unsaturated/α-hetero) is 1. The van der Waals surface area contributed by atoms with Crippen LogP contribution in [0.1, 0.15) is 22.8 Å². The molecule has 2 aromatic carbocycles. The monoisotopic (exact) mass is 336 g/mol. The van der Waals surface area contributed by atoms with Crippen molar-refractivity contribution in [1.82, 2.24) is 0 Å². The summed E-state index contributed by atoms with van der Waals surface area (Å²) >= 11 is 0. The van der Waals surface area contributed by atoms with Crippen molar-refractivity contribution in [1.29, 1.82) is 0 Å². The van der Waals surface area contributed by atoms with Gasteiger partial charge < -0.3 is 10.6 Å². The number of anilines is 2. The molecule has 4 nitrogen and oxygen atoms in total. The minimum absolute atomic E-state index is 0.0842. The number of benzene rings is 2. The molecule has 0 spiro atoms. The zero-order valence-electron chi connectivity index (χ0n) is 12.8. The van der Waals surface area contributed by atoms with E-state index < -0.39 is 17.6 Å². The van der Waals surface area contributed by atoms with E-state index in [1.54, 1.807) is 24.3 Å². The Hall–Kier alpha value is -2.83. The molecule has 0 aliphatic rings. The highest BCUT2D eigenvalue weighted by Gasteiger charge is 2.30. The van der Waals surface area contributed by atoms with E-state index in [-0.39, 0.29) is 18.0 Å². The Morgan fingerprint density at radius 3 is 2.25 bits per heavy atom. The number of alkyl halides is 3. The molecule has 0 aliphatic carbocycles. The molecule has 0 fully saturated rings. The highest BCUT2D eigenvalue weighted by Crippen LogP contribution is 2.30. The molecule has 0 heterocycles. The first kappa shape index (κ1) is 17.5. The van der Waals surface area contributed by atoms with Gasteiger partial charge in [-0.2, -0.15) is 13.2 Å². The summed E-state index contributed by atoms with van der Waals surface area (Å²) in [6.07, 6.45) is -4.43. The normalized spacial score (nSPS) is 11.0. The largest absolute Gasteiger partial charge is 0.416 e. The number of rotatable bonds is 5. The van der Waals surface area contributed by atoms with Crippen LogP contribution < -0.4 is 10.6 Å². The fourth-order valence-electron chi connectivity index (χ4n) is 1.98.